The molecule has 0 bridgehead atoms. The second kappa shape index (κ2) is 9.39. The van der Waals surface area contributed by atoms with E-state index < -0.39 is 23.2 Å². The number of methoxy groups -OCH3 is 1. The van der Waals surface area contributed by atoms with Crippen molar-refractivity contribution < 1.29 is 23.0 Å². The van der Waals surface area contributed by atoms with Crippen molar-refractivity contribution in [1.29, 1.82) is 0 Å². The normalized spacial score (nSPS) is 10.7. The van der Waals surface area contributed by atoms with Crippen LogP contribution >= 0.6 is 0 Å². The predicted molar refractivity (Wildman–Crippen MR) is 112 cm³/mol. The molecule has 0 spiro atoms. The Morgan fingerprint density at radius 1 is 0.967 bits per heavy atom. The molecule has 0 aliphatic rings. The van der Waals surface area contributed by atoms with Crippen LogP contribution in [0.1, 0.15) is 41.3 Å². The van der Waals surface area contributed by atoms with Crippen molar-refractivity contribution in [3.05, 3.63) is 89.0 Å². The Bertz CT molecular complexity index is 1030. The van der Waals surface area contributed by atoms with Crippen LogP contribution in [-0.4, -0.2) is 13.0 Å². The second-order valence-electron chi connectivity index (χ2n) is 7.06. The molecule has 1 N–H and O–H groups in total. The summed E-state index contributed by atoms with van der Waals surface area (Å²) in [5.41, 5.74) is 1.45. The number of halogens is 2. The lowest BCUT2D eigenvalue weighted by Crippen LogP contribution is -2.15. The molecule has 3 rings (SSSR count). The van der Waals surface area contributed by atoms with E-state index in [0.717, 1.165) is 23.4 Å². The third-order valence-corrected chi connectivity index (χ3v) is 4.67. The Balaban J connectivity index is 1.83. The quantitative estimate of drug-likeness (QED) is 0.524. The van der Waals surface area contributed by atoms with Crippen LogP contribution in [0.4, 0.5) is 14.5 Å². The number of hydrogen-bond donors (Lipinski definition) is 1. The van der Waals surface area contributed by atoms with Crippen molar-refractivity contribution in [2.24, 2.45) is 0 Å². The van der Waals surface area contributed by atoms with Gasteiger partial charge in [-0.1, -0.05) is 38.1 Å². The summed E-state index contributed by atoms with van der Waals surface area (Å²) in [4.78, 5) is 12.6. The largest absolute Gasteiger partial charge is 0.496 e. The third-order valence-electron chi connectivity index (χ3n) is 4.67. The Labute approximate surface area is 174 Å². The number of benzene rings is 3. The van der Waals surface area contributed by atoms with Crippen LogP contribution in [0, 0.1) is 11.6 Å². The molecular weight excluding hydrogens is 388 g/mol. The van der Waals surface area contributed by atoms with E-state index >= 15 is 0 Å². The van der Waals surface area contributed by atoms with Gasteiger partial charge in [-0.3, -0.25) is 4.79 Å². The first-order chi connectivity index (χ1) is 14.4. The number of nitrogens with one attached hydrogen (secondary N) is 1. The zero-order valence-electron chi connectivity index (χ0n) is 17.0. The van der Waals surface area contributed by atoms with Crippen LogP contribution in [-0.2, 0) is 6.61 Å². The van der Waals surface area contributed by atoms with Crippen LogP contribution in [0.5, 0.6) is 11.5 Å². The zero-order valence-corrected chi connectivity index (χ0v) is 17.0. The summed E-state index contributed by atoms with van der Waals surface area (Å²) in [6.45, 7) is 4.33. The Hall–Kier alpha value is -3.41. The van der Waals surface area contributed by atoms with E-state index in [1.165, 1.54) is 19.2 Å². The highest BCUT2D eigenvalue weighted by atomic mass is 19.1. The first kappa shape index (κ1) is 21.3. The monoisotopic (exact) mass is 411 g/mol. The van der Waals surface area contributed by atoms with Gasteiger partial charge in [0, 0.05) is 11.1 Å². The summed E-state index contributed by atoms with van der Waals surface area (Å²) in [5, 5.41) is 2.29. The molecule has 0 heterocycles. The molecule has 0 atom stereocenters. The third kappa shape index (κ3) is 4.76. The molecule has 0 saturated heterocycles. The fraction of sp³-hybridized carbons (Fsp3) is 0.208. The van der Waals surface area contributed by atoms with Gasteiger partial charge in [-0.2, -0.15) is 0 Å². The maximum Gasteiger partial charge on any atom is 0.255 e. The molecule has 0 aliphatic heterocycles. The van der Waals surface area contributed by atoms with E-state index in [1.54, 1.807) is 12.1 Å². The highest BCUT2D eigenvalue weighted by Gasteiger charge is 2.16. The Morgan fingerprint density at radius 2 is 1.67 bits per heavy atom. The molecule has 0 unspecified atom stereocenters. The summed E-state index contributed by atoms with van der Waals surface area (Å²) in [6.07, 6.45) is 0. The number of carbonyl (C=O) groups excluding carboxylic acids is 1. The Kier molecular flexibility index (Phi) is 6.67. The maximum atomic E-state index is 13.8. The van der Waals surface area contributed by atoms with E-state index in [1.807, 2.05) is 24.3 Å². The first-order valence-corrected chi connectivity index (χ1v) is 9.54. The Morgan fingerprint density at radius 3 is 2.33 bits per heavy atom. The fourth-order valence-corrected chi connectivity index (χ4v) is 3.08. The van der Waals surface area contributed by atoms with Gasteiger partial charge in [0.05, 0.1) is 7.11 Å². The molecule has 3 aromatic carbocycles. The SMILES string of the molecule is COc1ccc(C(=O)Nc2c(F)cccc2F)cc1COc1ccccc1C(C)C. The van der Waals surface area contributed by atoms with Gasteiger partial charge >= 0.3 is 0 Å². The van der Waals surface area contributed by atoms with Gasteiger partial charge in [0.1, 0.15) is 35.4 Å². The predicted octanol–water partition coefficient (Wildman–Crippen LogP) is 5.93. The number of para-hydroxylation sites is 2. The molecule has 1 amide bonds. The van der Waals surface area contributed by atoms with Gasteiger partial charge in [0.2, 0.25) is 0 Å². The van der Waals surface area contributed by atoms with Crippen molar-refractivity contribution in [3.63, 3.8) is 0 Å². The minimum atomic E-state index is -0.842. The average Bonchev–Trinajstić information content (AvgIpc) is 2.74. The summed E-state index contributed by atoms with van der Waals surface area (Å²) < 4.78 is 39.0. The van der Waals surface area contributed by atoms with Gasteiger partial charge in [0.25, 0.3) is 5.91 Å². The minimum absolute atomic E-state index is 0.169. The molecule has 6 heteroatoms. The number of anilines is 1. The molecule has 0 saturated carbocycles. The van der Waals surface area contributed by atoms with Gasteiger partial charge in [-0.25, -0.2) is 8.78 Å². The topological polar surface area (TPSA) is 47.6 Å². The molecule has 0 aromatic heterocycles. The van der Waals surface area contributed by atoms with Crippen molar-refractivity contribution in [2.75, 3.05) is 12.4 Å². The van der Waals surface area contributed by atoms with E-state index in [-0.39, 0.29) is 18.1 Å². The average molecular weight is 411 g/mol. The van der Waals surface area contributed by atoms with Crippen LogP contribution in [0.3, 0.4) is 0 Å². The van der Waals surface area contributed by atoms with Crippen molar-refractivity contribution in [2.45, 2.75) is 26.4 Å². The van der Waals surface area contributed by atoms with Gasteiger partial charge < -0.3 is 14.8 Å². The summed E-state index contributed by atoms with van der Waals surface area (Å²) in [5.74, 6) is -0.735. The summed E-state index contributed by atoms with van der Waals surface area (Å²) in [7, 11) is 1.52. The molecule has 0 fully saturated rings. The fourth-order valence-electron chi connectivity index (χ4n) is 3.08. The lowest BCUT2D eigenvalue weighted by Gasteiger charge is -2.16. The lowest BCUT2D eigenvalue weighted by molar-refractivity contribution is 0.102. The van der Waals surface area contributed by atoms with Gasteiger partial charge in [-0.05, 0) is 47.9 Å². The van der Waals surface area contributed by atoms with E-state index in [4.69, 9.17) is 9.47 Å². The smallest absolute Gasteiger partial charge is 0.255 e. The first-order valence-electron chi connectivity index (χ1n) is 9.54. The number of ether oxygens (including phenoxy) is 2. The van der Waals surface area contributed by atoms with Crippen molar-refractivity contribution in [3.8, 4) is 11.5 Å². The summed E-state index contributed by atoms with van der Waals surface area (Å²) in [6, 6.07) is 15.9. The molecular formula is C24H23F2NO3. The number of rotatable bonds is 7. The zero-order chi connectivity index (χ0) is 21.7. The summed E-state index contributed by atoms with van der Waals surface area (Å²) >= 11 is 0. The minimum Gasteiger partial charge on any atom is -0.496 e. The van der Waals surface area contributed by atoms with E-state index in [2.05, 4.69) is 19.2 Å². The maximum absolute atomic E-state index is 13.8. The van der Waals surface area contributed by atoms with Crippen LogP contribution in [0.25, 0.3) is 0 Å². The molecule has 3 aromatic rings. The molecule has 4 nitrogen and oxygen atoms in total. The van der Waals surface area contributed by atoms with Crippen LogP contribution in [0.2, 0.25) is 0 Å². The van der Waals surface area contributed by atoms with Crippen LogP contribution in [0.15, 0.2) is 60.7 Å². The highest BCUT2D eigenvalue weighted by Crippen LogP contribution is 2.28. The lowest BCUT2D eigenvalue weighted by atomic mass is 10.0. The van der Waals surface area contributed by atoms with Gasteiger partial charge in [-0.15, -0.1) is 0 Å². The van der Waals surface area contributed by atoms with Crippen LogP contribution < -0.4 is 14.8 Å². The molecule has 156 valence electrons. The number of hydrogen-bond acceptors (Lipinski definition) is 3. The standard InChI is InChI=1S/C24H23F2NO3/c1-15(2)18-7-4-5-10-22(18)30-14-17-13-16(11-12-21(17)29-3)24(28)27-23-19(25)8-6-9-20(23)26/h4-13,15H,14H2,1-3H3,(H,27,28). The van der Waals surface area contributed by atoms with E-state index in [9.17, 15) is 13.6 Å². The number of amides is 1. The van der Waals surface area contributed by atoms with Crippen molar-refractivity contribution >= 4 is 11.6 Å². The second-order valence-corrected chi connectivity index (χ2v) is 7.06. The molecule has 0 radical (unpaired) electrons. The molecule has 30 heavy (non-hydrogen) atoms. The van der Waals surface area contributed by atoms with E-state index in [0.29, 0.717) is 11.3 Å². The number of carbonyl (C=O) groups is 1. The van der Waals surface area contributed by atoms with Crippen molar-refractivity contribution in [1.82, 2.24) is 0 Å². The highest BCUT2D eigenvalue weighted by molar-refractivity contribution is 6.04. The van der Waals surface area contributed by atoms with Gasteiger partial charge in [0.15, 0.2) is 0 Å². The molecule has 0 aliphatic carbocycles.